The van der Waals surface area contributed by atoms with E-state index in [1.807, 2.05) is 0 Å². The van der Waals surface area contributed by atoms with Crippen LogP contribution in [0.1, 0.15) is 13.3 Å². The van der Waals surface area contributed by atoms with E-state index >= 15 is 0 Å². The Hall–Kier alpha value is -2.49. The third-order valence-electron chi connectivity index (χ3n) is 3.59. The fourth-order valence-electron chi connectivity index (χ4n) is 2.34. The van der Waals surface area contributed by atoms with E-state index in [0.29, 0.717) is 17.1 Å². The third-order valence-corrected chi connectivity index (χ3v) is 4.99. The monoisotopic (exact) mass is 429 g/mol. The van der Waals surface area contributed by atoms with Crippen molar-refractivity contribution in [1.82, 2.24) is 0 Å². The van der Waals surface area contributed by atoms with Crippen LogP contribution in [0, 0.1) is 0 Å². The standard InChI is InChI=1S/C18H23N3O5S.ClH/c1-12(19)10-18(22)20-14-6-9-16(26-3)17(11-14)27(23,24)21-13-4-7-15(25-2)8-5-13;/h4-9,11-12,21H,10,19H2,1-3H3,(H,20,22);1H. The van der Waals surface area contributed by atoms with Crippen LogP contribution >= 0.6 is 12.4 Å². The Balaban J connectivity index is 0.00000392. The number of hydrogen-bond donors (Lipinski definition) is 3. The number of methoxy groups -OCH3 is 2. The minimum atomic E-state index is -3.95. The van der Waals surface area contributed by atoms with Crippen molar-refractivity contribution in [3.8, 4) is 11.5 Å². The zero-order valence-corrected chi connectivity index (χ0v) is 17.4. The molecule has 28 heavy (non-hydrogen) atoms. The van der Waals surface area contributed by atoms with E-state index in [9.17, 15) is 13.2 Å². The van der Waals surface area contributed by atoms with Crippen molar-refractivity contribution in [2.45, 2.75) is 24.3 Å². The first-order valence-electron chi connectivity index (χ1n) is 8.15. The summed E-state index contributed by atoms with van der Waals surface area (Å²) in [5.74, 6) is 0.456. The number of anilines is 2. The van der Waals surface area contributed by atoms with Gasteiger partial charge in [-0.1, -0.05) is 0 Å². The van der Waals surface area contributed by atoms with Crippen LogP contribution in [0.15, 0.2) is 47.4 Å². The zero-order chi connectivity index (χ0) is 20.0. The first-order chi connectivity index (χ1) is 12.7. The molecule has 2 rings (SSSR count). The minimum absolute atomic E-state index is 0. The van der Waals surface area contributed by atoms with E-state index in [0.717, 1.165) is 0 Å². The van der Waals surface area contributed by atoms with Gasteiger partial charge in [-0.3, -0.25) is 9.52 Å². The molecule has 0 aliphatic rings. The second-order valence-electron chi connectivity index (χ2n) is 5.93. The normalized spacial score (nSPS) is 11.7. The van der Waals surface area contributed by atoms with Crippen molar-refractivity contribution in [1.29, 1.82) is 0 Å². The smallest absolute Gasteiger partial charge is 0.265 e. The average molecular weight is 430 g/mol. The van der Waals surface area contributed by atoms with Gasteiger partial charge in [-0.25, -0.2) is 8.42 Å². The van der Waals surface area contributed by atoms with Gasteiger partial charge in [0, 0.05) is 23.8 Å². The van der Waals surface area contributed by atoms with E-state index in [4.69, 9.17) is 15.2 Å². The third kappa shape index (κ3) is 6.29. The maximum atomic E-state index is 12.8. The van der Waals surface area contributed by atoms with Crippen LogP contribution in [-0.4, -0.2) is 34.6 Å². The highest BCUT2D eigenvalue weighted by atomic mass is 35.5. The summed E-state index contributed by atoms with van der Waals surface area (Å²) < 4.78 is 38.3. The van der Waals surface area contributed by atoms with E-state index in [-0.39, 0.29) is 41.4 Å². The summed E-state index contributed by atoms with van der Waals surface area (Å²) in [6, 6.07) is 10.5. The number of sulfonamides is 1. The van der Waals surface area contributed by atoms with Crippen molar-refractivity contribution in [3.63, 3.8) is 0 Å². The molecule has 0 radical (unpaired) electrons. The predicted octanol–water partition coefficient (Wildman–Crippen LogP) is 2.60. The summed E-state index contributed by atoms with van der Waals surface area (Å²) in [4.78, 5) is 11.8. The lowest BCUT2D eigenvalue weighted by Gasteiger charge is -2.14. The number of ether oxygens (including phenoxy) is 2. The van der Waals surface area contributed by atoms with Crippen LogP contribution in [0.2, 0.25) is 0 Å². The lowest BCUT2D eigenvalue weighted by atomic mass is 10.2. The SMILES string of the molecule is COc1ccc(NS(=O)(=O)c2cc(NC(=O)CC(C)N)ccc2OC)cc1.Cl. The van der Waals surface area contributed by atoms with Gasteiger partial charge < -0.3 is 20.5 Å². The second-order valence-corrected chi connectivity index (χ2v) is 7.58. The number of halogens is 1. The number of rotatable bonds is 8. The molecule has 0 heterocycles. The lowest BCUT2D eigenvalue weighted by molar-refractivity contribution is -0.116. The molecule has 4 N–H and O–H groups in total. The maximum absolute atomic E-state index is 12.8. The topological polar surface area (TPSA) is 120 Å². The maximum Gasteiger partial charge on any atom is 0.265 e. The predicted molar refractivity (Wildman–Crippen MR) is 111 cm³/mol. The Bertz CT molecular complexity index is 902. The number of nitrogens with two attached hydrogens (primary N) is 1. The molecule has 1 unspecified atom stereocenters. The molecule has 1 amide bonds. The summed E-state index contributed by atoms with van der Waals surface area (Å²) in [6.07, 6.45) is 0.123. The minimum Gasteiger partial charge on any atom is -0.497 e. The summed E-state index contributed by atoms with van der Waals surface area (Å²) in [5.41, 5.74) is 6.30. The van der Waals surface area contributed by atoms with Gasteiger partial charge in [0.1, 0.15) is 16.4 Å². The van der Waals surface area contributed by atoms with Crippen LogP contribution in [0.25, 0.3) is 0 Å². The number of hydrogen-bond acceptors (Lipinski definition) is 6. The summed E-state index contributed by atoms with van der Waals surface area (Å²) in [7, 11) is -1.05. The number of carbonyl (C=O) groups is 1. The lowest BCUT2D eigenvalue weighted by Crippen LogP contribution is -2.24. The fraction of sp³-hybridized carbons (Fsp3) is 0.278. The Morgan fingerprint density at radius 1 is 1.07 bits per heavy atom. The fourth-order valence-corrected chi connectivity index (χ4v) is 3.59. The Morgan fingerprint density at radius 2 is 1.68 bits per heavy atom. The number of amides is 1. The molecule has 0 aliphatic carbocycles. The summed E-state index contributed by atoms with van der Waals surface area (Å²) >= 11 is 0. The van der Waals surface area contributed by atoms with Gasteiger partial charge in [0.15, 0.2) is 0 Å². The second kappa shape index (κ2) is 10.2. The molecular weight excluding hydrogens is 406 g/mol. The van der Waals surface area contributed by atoms with E-state index in [2.05, 4.69) is 10.0 Å². The molecule has 0 saturated heterocycles. The molecule has 0 aliphatic heterocycles. The number of nitrogens with one attached hydrogen (secondary N) is 2. The summed E-state index contributed by atoms with van der Waals surface area (Å²) in [5, 5.41) is 2.63. The molecule has 0 saturated carbocycles. The molecule has 1 atom stereocenters. The molecule has 0 spiro atoms. The molecular formula is C18H24ClN3O5S. The molecule has 2 aromatic carbocycles. The van der Waals surface area contributed by atoms with Crippen molar-refractivity contribution < 1.29 is 22.7 Å². The zero-order valence-electron chi connectivity index (χ0n) is 15.8. The molecule has 0 aromatic heterocycles. The van der Waals surface area contributed by atoms with Crippen LogP contribution in [0.3, 0.4) is 0 Å². The first kappa shape index (κ1) is 23.5. The highest BCUT2D eigenvalue weighted by Crippen LogP contribution is 2.29. The largest absolute Gasteiger partial charge is 0.497 e. The van der Waals surface area contributed by atoms with Crippen LogP contribution in [0.5, 0.6) is 11.5 Å². The van der Waals surface area contributed by atoms with E-state index < -0.39 is 10.0 Å². The molecule has 0 fully saturated rings. The molecule has 8 nitrogen and oxygen atoms in total. The van der Waals surface area contributed by atoms with Crippen molar-refractivity contribution in [2.24, 2.45) is 5.73 Å². The van der Waals surface area contributed by atoms with E-state index in [1.54, 1.807) is 37.3 Å². The van der Waals surface area contributed by atoms with Gasteiger partial charge in [-0.2, -0.15) is 0 Å². The Morgan fingerprint density at radius 3 is 2.21 bits per heavy atom. The van der Waals surface area contributed by atoms with Gasteiger partial charge >= 0.3 is 0 Å². The Kier molecular flexibility index (Phi) is 8.55. The Labute approximate surface area is 170 Å². The van der Waals surface area contributed by atoms with Crippen molar-refractivity contribution in [3.05, 3.63) is 42.5 Å². The van der Waals surface area contributed by atoms with Gasteiger partial charge in [-0.05, 0) is 49.4 Å². The highest BCUT2D eigenvalue weighted by Gasteiger charge is 2.21. The molecule has 10 heteroatoms. The van der Waals surface area contributed by atoms with Crippen LogP contribution in [-0.2, 0) is 14.8 Å². The molecule has 0 bridgehead atoms. The highest BCUT2D eigenvalue weighted by molar-refractivity contribution is 7.92. The molecule has 2 aromatic rings. The van der Waals surface area contributed by atoms with Crippen LogP contribution < -0.4 is 25.2 Å². The quantitative estimate of drug-likeness (QED) is 0.593. The first-order valence-corrected chi connectivity index (χ1v) is 9.64. The van der Waals surface area contributed by atoms with Crippen molar-refractivity contribution >= 4 is 39.7 Å². The number of benzene rings is 2. The van der Waals surface area contributed by atoms with E-state index in [1.165, 1.54) is 26.4 Å². The van der Waals surface area contributed by atoms with Gasteiger partial charge in [-0.15, -0.1) is 12.4 Å². The van der Waals surface area contributed by atoms with Gasteiger partial charge in [0.25, 0.3) is 10.0 Å². The summed E-state index contributed by atoms with van der Waals surface area (Å²) in [6.45, 7) is 1.71. The molecule has 154 valence electrons. The van der Waals surface area contributed by atoms with Gasteiger partial charge in [0.05, 0.1) is 14.2 Å². The van der Waals surface area contributed by atoms with Crippen molar-refractivity contribution in [2.75, 3.05) is 24.3 Å². The number of carbonyl (C=O) groups excluding carboxylic acids is 1. The van der Waals surface area contributed by atoms with Crippen LogP contribution in [0.4, 0.5) is 11.4 Å². The van der Waals surface area contributed by atoms with Gasteiger partial charge in [0.2, 0.25) is 5.91 Å². The average Bonchev–Trinajstić information content (AvgIpc) is 2.61.